The summed E-state index contributed by atoms with van der Waals surface area (Å²) in [4.78, 5) is 8.50. The van der Waals surface area contributed by atoms with Crippen LogP contribution in [0.2, 0.25) is 0 Å². The Kier molecular flexibility index (Phi) is 4.12. The van der Waals surface area contributed by atoms with E-state index >= 15 is 0 Å². The molecule has 0 spiro atoms. The first-order valence-corrected chi connectivity index (χ1v) is 6.14. The molecule has 0 unspecified atom stereocenters. The molecule has 0 aliphatic carbocycles. The third kappa shape index (κ3) is 2.97. The van der Waals surface area contributed by atoms with Gasteiger partial charge >= 0.3 is 0 Å². The van der Waals surface area contributed by atoms with Crippen LogP contribution in [-0.2, 0) is 6.54 Å². The minimum atomic E-state index is 0.768. The van der Waals surface area contributed by atoms with E-state index in [1.165, 1.54) is 5.56 Å². The predicted molar refractivity (Wildman–Crippen MR) is 74.7 cm³/mol. The van der Waals surface area contributed by atoms with Crippen LogP contribution in [0, 0.1) is 6.92 Å². The normalized spacial score (nSPS) is 10.1. The van der Waals surface area contributed by atoms with Gasteiger partial charge in [-0.15, -0.1) is 0 Å². The van der Waals surface area contributed by atoms with Gasteiger partial charge in [-0.1, -0.05) is 30.3 Å². The third-order valence-electron chi connectivity index (χ3n) is 2.73. The molecule has 0 amide bonds. The molecule has 2 rings (SSSR count). The van der Waals surface area contributed by atoms with Crippen LogP contribution in [0.3, 0.4) is 0 Å². The van der Waals surface area contributed by atoms with E-state index < -0.39 is 0 Å². The number of benzene rings is 1. The third-order valence-corrected chi connectivity index (χ3v) is 2.73. The highest BCUT2D eigenvalue weighted by Crippen LogP contribution is 2.18. The first kappa shape index (κ1) is 12.4. The van der Waals surface area contributed by atoms with Gasteiger partial charge in [0.15, 0.2) is 0 Å². The summed E-state index contributed by atoms with van der Waals surface area (Å²) in [5.74, 6) is 1.77. The summed E-state index contributed by atoms with van der Waals surface area (Å²) >= 11 is 0. The lowest BCUT2D eigenvalue weighted by Gasteiger charge is -2.11. The lowest BCUT2D eigenvalue weighted by Crippen LogP contribution is -2.07. The van der Waals surface area contributed by atoms with Gasteiger partial charge in [-0.2, -0.15) is 0 Å². The molecular weight excluding hydrogens is 224 g/mol. The van der Waals surface area contributed by atoms with Crippen LogP contribution >= 0.6 is 0 Å². The topological polar surface area (TPSA) is 49.8 Å². The van der Waals surface area contributed by atoms with Crippen molar-refractivity contribution in [2.24, 2.45) is 0 Å². The van der Waals surface area contributed by atoms with Crippen LogP contribution in [0.5, 0.6) is 0 Å². The van der Waals surface area contributed by atoms with Gasteiger partial charge in [0.25, 0.3) is 0 Å². The van der Waals surface area contributed by atoms with Crippen LogP contribution in [0.1, 0.15) is 18.1 Å². The largest absolute Gasteiger partial charge is 0.370 e. The molecule has 1 aromatic carbocycles. The highest BCUT2D eigenvalue weighted by atomic mass is 15.1. The lowest BCUT2D eigenvalue weighted by molar-refractivity contribution is 1.04. The smallest absolute Gasteiger partial charge is 0.134 e. The van der Waals surface area contributed by atoms with Crippen molar-refractivity contribution in [2.75, 3.05) is 17.2 Å². The average Bonchev–Trinajstić information content (AvgIpc) is 2.41. The maximum atomic E-state index is 4.27. The molecule has 0 fully saturated rings. The van der Waals surface area contributed by atoms with E-state index in [4.69, 9.17) is 0 Å². The summed E-state index contributed by atoms with van der Waals surface area (Å²) in [5.41, 5.74) is 2.29. The molecule has 18 heavy (non-hydrogen) atoms. The van der Waals surface area contributed by atoms with Crippen LogP contribution < -0.4 is 10.6 Å². The van der Waals surface area contributed by atoms with Gasteiger partial charge in [0.05, 0.1) is 0 Å². The van der Waals surface area contributed by atoms with Gasteiger partial charge in [-0.3, -0.25) is 0 Å². The number of rotatable bonds is 5. The van der Waals surface area contributed by atoms with E-state index in [2.05, 4.69) is 39.7 Å². The SMILES string of the molecule is CCNc1ncnc(NCc2ccccc2)c1C. The maximum Gasteiger partial charge on any atom is 0.134 e. The molecule has 0 aliphatic heterocycles. The maximum absolute atomic E-state index is 4.27. The molecule has 0 saturated carbocycles. The molecule has 0 radical (unpaired) electrons. The van der Waals surface area contributed by atoms with E-state index in [9.17, 15) is 0 Å². The monoisotopic (exact) mass is 242 g/mol. The number of anilines is 2. The van der Waals surface area contributed by atoms with E-state index in [0.29, 0.717) is 0 Å². The molecule has 0 bridgehead atoms. The zero-order valence-electron chi connectivity index (χ0n) is 10.8. The molecule has 1 aromatic heterocycles. The fraction of sp³-hybridized carbons (Fsp3) is 0.286. The zero-order chi connectivity index (χ0) is 12.8. The standard InChI is InChI=1S/C14H18N4/c1-3-15-13-11(2)14(18-10-17-13)16-9-12-7-5-4-6-8-12/h4-8,10H,3,9H2,1-2H3,(H2,15,16,17,18). The minimum absolute atomic E-state index is 0.768. The Bertz CT molecular complexity index is 496. The quantitative estimate of drug-likeness (QED) is 0.846. The Morgan fingerprint density at radius 1 is 1.00 bits per heavy atom. The van der Waals surface area contributed by atoms with E-state index in [0.717, 1.165) is 30.3 Å². The van der Waals surface area contributed by atoms with Gasteiger partial charge in [0.2, 0.25) is 0 Å². The average molecular weight is 242 g/mol. The van der Waals surface area contributed by atoms with E-state index in [1.807, 2.05) is 25.1 Å². The van der Waals surface area contributed by atoms with Gasteiger partial charge in [0.1, 0.15) is 18.0 Å². The number of nitrogens with zero attached hydrogens (tertiary/aromatic N) is 2. The van der Waals surface area contributed by atoms with Crippen molar-refractivity contribution < 1.29 is 0 Å². The van der Waals surface area contributed by atoms with Gasteiger partial charge in [0, 0.05) is 18.7 Å². The first-order chi connectivity index (χ1) is 8.81. The van der Waals surface area contributed by atoms with E-state index in [-0.39, 0.29) is 0 Å². The van der Waals surface area contributed by atoms with Crippen molar-refractivity contribution in [3.05, 3.63) is 47.8 Å². The lowest BCUT2D eigenvalue weighted by atomic mass is 10.2. The number of nitrogens with one attached hydrogen (secondary N) is 2. The molecule has 2 N–H and O–H groups in total. The molecule has 0 aliphatic rings. The van der Waals surface area contributed by atoms with Crippen molar-refractivity contribution in [1.82, 2.24) is 9.97 Å². The molecule has 1 heterocycles. The van der Waals surface area contributed by atoms with Crippen LogP contribution in [-0.4, -0.2) is 16.5 Å². The Hall–Kier alpha value is -2.10. The summed E-state index contributed by atoms with van der Waals surface area (Å²) in [6.07, 6.45) is 1.58. The molecule has 0 saturated heterocycles. The summed E-state index contributed by atoms with van der Waals surface area (Å²) in [7, 11) is 0. The van der Waals surface area contributed by atoms with Crippen molar-refractivity contribution in [1.29, 1.82) is 0 Å². The van der Waals surface area contributed by atoms with Crippen molar-refractivity contribution in [3.63, 3.8) is 0 Å². The number of aromatic nitrogens is 2. The fourth-order valence-electron chi connectivity index (χ4n) is 1.76. The summed E-state index contributed by atoms with van der Waals surface area (Å²) in [6.45, 7) is 5.70. The summed E-state index contributed by atoms with van der Waals surface area (Å²) in [5, 5.41) is 6.56. The Labute approximate surface area is 107 Å². The second-order valence-corrected chi connectivity index (χ2v) is 4.07. The van der Waals surface area contributed by atoms with Crippen LogP contribution in [0.15, 0.2) is 36.7 Å². The van der Waals surface area contributed by atoms with Crippen LogP contribution in [0.4, 0.5) is 11.6 Å². The Morgan fingerprint density at radius 3 is 2.33 bits per heavy atom. The highest BCUT2D eigenvalue weighted by Gasteiger charge is 2.05. The molecule has 4 heteroatoms. The first-order valence-electron chi connectivity index (χ1n) is 6.14. The Balaban J connectivity index is 2.08. The zero-order valence-corrected chi connectivity index (χ0v) is 10.8. The fourth-order valence-corrected chi connectivity index (χ4v) is 1.76. The second kappa shape index (κ2) is 6.00. The molecule has 4 nitrogen and oxygen atoms in total. The van der Waals surface area contributed by atoms with E-state index in [1.54, 1.807) is 6.33 Å². The van der Waals surface area contributed by atoms with Gasteiger partial charge < -0.3 is 10.6 Å². The molecular formula is C14H18N4. The highest BCUT2D eigenvalue weighted by molar-refractivity contribution is 5.56. The number of hydrogen-bond donors (Lipinski definition) is 2. The minimum Gasteiger partial charge on any atom is -0.370 e. The van der Waals surface area contributed by atoms with Gasteiger partial charge in [-0.05, 0) is 19.4 Å². The predicted octanol–water partition coefficient (Wildman–Crippen LogP) is 2.83. The summed E-state index contributed by atoms with van der Waals surface area (Å²) in [6, 6.07) is 10.3. The van der Waals surface area contributed by atoms with Gasteiger partial charge in [-0.25, -0.2) is 9.97 Å². The molecule has 0 atom stereocenters. The van der Waals surface area contributed by atoms with Crippen LogP contribution in [0.25, 0.3) is 0 Å². The van der Waals surface area contributed by atoms with Crippen molar-refractivity contribution in [2.45, 2.75) is 20.4 Å². The Morgan fingerprint density at radius 2 is 1.67 bits per heavy atom. The summed E-state index contributed by atoms with van der Waals surface area (Å²) < 4.78 is 0. The molecule has 94 valence electrons. The molecule has 2 aromatic rings. The number of hydrogen-bond acceptors (Lipinski definition) is 4. The van der Waals surface area contributed by atoms with Crippen molar-refractivity contribution in [3.8, 4) is 0 Å². The second-order valence-electron chi connectivity index (χ2n) is 4.07. The van der Waals surface area contributed by atoms with Crippen molar-refractivity contribution >= 4 is 11.6 Å².